The van der Waals surface area contributed by atoms with Gasteiger partial charge in [-0.15, -0.1) is 11.3 Å². The van der Waals surface area contributed by atoms with Gasteiger partial charge in [0.05, 0.1) is 17.6 Å². The van der Waals surface area contributed by atoms with Crippen molar-refractivity contribution in [2.24, 2.45) is 5.84 Å². The molecule has 8 heteroatoms. The van der Waals surface area contributed by atoms with Gasteiger partial charge in [0.25, 0.3) is 11.5 Å². The number of nitrogens with two attached hydrogens (primary N) is 1. The summed E-state index contributed by atoms with van der Waals surface area (Å²) in [4.78, 5) is 24.4. The normalized spacial score (nSPS) is 10.8. The number of amides is 1. The van der Waals surface area contributed by atoms with Crippen LogP contribution < -0.4 is 16.8 Å². The van der Waals surface area contributed by atoms with E-state index in [9.17, 15) is 9.59 Å². The van der Waals surface area contributed by atoms with Gasteiger partial charge in [0.2, 0.25) is 0 Å². The Labute approximate surface area is 117 Å². The molecule has 3 aromatic heterocycles. The Bertz CT molecular complexity index is 832. The Morgan fingerprint density at radius 2 is 2.25 bits per heavy atom. The zero-order chi connectivity index (χ0) is 14.1. The third-order valence-electron chi connectivity index (χ3n) is 2.96. The molecular weight excluding hydrogens is 278 g/mol. The number of rotatable bonds is 3. The lowest BCUT2D eigenvalue weighted by molar-refractivity contribution is 0.0957. The largest absolute Gasteiger partial charge is 0.308 e. The second kappa shape index (κ2) is 4.91. The standard InChI is InChI=1S/C12H11N5O2S/c13-15-11(18)10-8(2-6-20-10)7-16-4-5-17-9(12(16)19)1-3-14-17/h1-6H,7,13H2,(H,15,18). The molecule has 1 amide bonds. The molecule has 102 valence electrons. The number of nitrogens with zero attached hydrogens (tertiary/aromatic N) is 3. The highest BCUT2D eigenvalue weighted by molar-refractivity contribution is 7.12. The second-order valence-corrected chi connectivity index (χ2v) is 5.06. The highest BCUT2D eigenvalue weighted by atomic mass is 32.1. The maximum atomic E-state index is 12.2. The fraction of sp³-hybridized carbons (Fsp3) is 0.0833. The van der Waals surface area contributed by atoms with Crippen LogP contribution in [0.4, 0.5) is 0 Å². The van der Waals surface area contributed by atoms with Crippen molar-refractivity contribution >= 4 is 22.8 Å². The molecule has 3 N–H and O–H groups in total. The Balaban J connectivity index is 2.02. The highest BCUT2D eigenvalue weighted by Crippen LogP contribution is 2.17. The van der Waals surface area contributed by atoms with E-state index in [-0.39, 0.29) is 11.5 Å². The summed E-state index contributed by atoms with van der Waals surface area (Å²) in [6, 6.07) is 3.46. The predicted molar refractivity (Wildman–Crippen MR) is 74.5 cm³/mol. The van der Waals surface area contributed by atoms with Gasteiger partial charge in [-0.2, -0.15) is 5.10 Å². The molecule has 0 aliphatic carbocycles. The molecule has 0 aliphatic heterocycles. The van der Waals surface area contributed by atoms with Crippen LogP contribution in [0.2, 0.25) is 0 Å². The molecule has 0 fully saturated rings. The average molecular weight is 289 g/mol. The Morgan fingerprint density at radius 1 is 1.40 bits per heavy atom. The van der Waals surface area contributed by atoms with Gasteiger partial charge in [-0.25, -0.2) is 10.4 Å². The molecule has 3 rings (SSSR count). The third kappa shape index (κ3) is 2.00. The minimum absolute atomic E-state index is 0.157. The summed E-state index contributed by atoms with van der Waals surface area (Å²) in [5.41, 5.74) is 3.19. The smallest absolute Gasteiger partial charge is 0.276 e. The number of carbonyl (C=O) groups is 1. The number of carbonyl (C=O) groups excluding carboxylic acids is 1. The van der Waals surface area contributed by atoms with Gasteiger partial charge in [-0.3, -0.25) is 15.0 Å². The number of hydrogen-bond acceptors (Lipinski definition) is 5. The lowest BCUT2D eigenvalue weighted by Crippen LogP contribution is -2.30. The molecule has 0 atom stereocenters. The second-order valence-electron chi connectivity index (χ2n) is 4.14. The molecule has 0 saturated carbocycles. The zero-order valence-electron chi connectivity index (χ0n) is 10.3. The Morgan fingerprint density at radius 3 is 3.05 bits per heavy atom. The molecule has 20 heavy (non-hydrogen) atoms. The SMILES string of the molecule is NNC(=O)c1sccc1Cn1ccn2nccc2c1=O. The molecule has 0 bridgehead atoms. The van der Waals surface area contributed by atoms with E-state index in [4.69, 9.17) is 5.84 Å². The van der Waals surface area contributed by atoms with Crippen LogP contribution in [-0.2, 0) is 6.54 Å². The number of nitrogens with one attached hydrogen (secondary N) is 1. The first-order valence-electron chi connectivity index (χ1n) is 5.81. The van der Waals surface area contributed by atoms with Crippen LogP contribution >= 0.6 is 11.3 Å². The van der Waals surface area contributed by atoms with Crippen molar-refractivity contribution in [1.29, 1.82) is 0 Å². The van der Waals surface area contributed by atoms with E-state index in [1.165, 1.54) is 20.4 Å². The van der Waals surface area contributed by atoms with Crippen molar-refractivity contribution in [3.8, 4) is 0 Å². The van der Waals surface area contributed by atoms with Gasteiger partial charge in [0.15, 0.2) is 0 Å². The van der Waals surface area contributed by atoms with Crippen molar-refractivity contribution in [3.63, 3.8) is 0 Å². The molecular formula is C12H11N5O2S. The molecule has 3 aromatic rings. The molecule has 0 aliphatic rings. The first-order chi connectivity index (χ1) is 9.70. The van der Waals surface area contributed by atoms with E-state index in [1.54, 1.807) is 30.0 Å². The number of aromatic nitrogens is 3. The van der Waals surface area contributed by atoms with E-state index < -0.39 is 0 Å². The summed E-state index contributed by atoms with van der Waals surface area (Å²) >= 11 is 1.29. The Kier molecular flexibility index (Phi) is 3.09. The van der Waals surface area contributed by atoms with Gasteiger partial charge in [-0.05, 0) is 23.1 Å². The molecule has 3 heterocycles. The summed E-state index contributed by atoms with van der Waals surface area (Å²) in [7, 11) is 0. The van der Waals surface area contributed by atoms with Crippen LogP contribution in [0.3, 0.4) is 0 Å². The van der Waals surface area contributed by atoms with E-state index in [0.717, 1.165) is 5.56 Å². The minimum Gasteiger partial charge on any atom is -0.308 e. The molecule has 0 unspecified atom stereocenters. The van der Waals surface area contributed by atoms with Crippen LogP contribution in [-0.4, -0.2) is 20.1 Å². The van der Waals surface area contributed by atoms with Crippen molar-refractivity contribution in [2.45, 2.75) is 6.54 Å². The summed E-state index contributed by atoms with van der Waals surface area (Å²) in [5.74, 6) is 4.79. The number of nitrogen functional groups attached to an aromatic ring is 1. The fourth-order valence-electron chi connectivity index (χ4n) is 1.99. The van der Waals surface area contributed by atoms with Gasteiger partial charge >= 0.3 is 0 Å². The van der Waals surface area contributed by atoms with Crippen molar-refractivity contribution in [3.05, 3.63) is 56.9 Å². The summed E-state index contributed by atoms with van der Waals surface area (Å²) < 4.78 is 3.05. The van der Waals surface area contributed by atoms with Crippen molar-refractivity contribution in [2.75, 3.05) is 0 Å². The van der Waals surface area contributed by atoms with E-state index in [1.807, 2.05) is 6.07 Å². The molecule has 0 aromatic carbocycles. The van der Waals surface area contributed by atoms with Crippen molar-refractivity contribution < 1.29 is 4.79 Å². The Hall–Kier alpha value is -2.45. The third-order valence-corrected chi connectivity index (χ3v) is 3.92. The van der Waals surface area contributed by atoms with Crippen LogP contribution in [0.5, 0.6) is 0 Å². The zero-order valence-corrected chi connectivity index (χ0v) is 11.1. The quantitative estimate of drug-likeness (QED) is 0.409. The lowest BCUT2D eigenvalue weighted by atomic mass is 10.2. The van der Waals surface area contributed by atoms with Crippen molar-refractivity contribution in [1.82, 2.24) is 19.6 Å². The van der Waals surface area contributed by atoms with Crippen LogP contribution in [0.15, 0.2) is 40.9 Å². The van der Waals surface area contributed by atoms with Crippen LogP contribution in [0.25, 0.3) is 5.52 Å². The van der Waals surface area contributed by atoms with E-state index in [0.29, 0.717) is 16.9 Å². The first-order valence-corrected chi connectivity index (χ1v) is 6.69. The van der Waals surface area contributed by atoms with Crippen LogP contribution in [0.1, 0.15) is 15.2 Å². The highest BCUT2D eigenvalue weighted by Gasteiger charge is 2.13. The van der Waals surface area contributed by atoms with Gasteiger partial charge in [0.1, 0.15) is 5.52 Å². The predicted octanol–water partition coefficient (Wildman–Crippen LogP) is 0.209. The lowest BCUT2D eigenvalue weighted by Gasteiger charge is -2.06. The number of hydrazine groups is 1. The molecule has 0 radical (unpaired) electrons. The number of thiophene rings is 1. The first kappa shape index (κ1) is 12.6. The molecule has 0 spiro atoms. The number of hydrogen-bond donors (Lipinski definition) is 2. The maximum Gasteiger partial charge on any atom is 0.276 e. The van der Waals surface area contributed by atoms with Gasteiger partial charge in [0, 0.05) is 12.4 Å². The number of fused-ring (bicyclic) bond motifs is 1. The summed E-state index contributed by atoms with van der Waals surface area (Å²) in [5, 5.41) is 5.80. The fourth-order valence-corrected chi connectivity index (χ4v) is 2.81. The molecule has 7 nitrogen and oxygen atoms in total. The average Bonchev–Trinajstić information content (AvgIpc) is 3.10. The topological polar surface area (TPSA) is 94.4 Å². The van der Waals surface area contributed by atoms with Gasteiger partial charge in [-0.1, -0.05) is 0 Å². The summed E-state index contributed by atoms with van der Waals surface area (Å²) in [6.45, 7) is 0.312. The minimum atomic E-state index is -0.353. The summed E-state index contributed by atoms with van der Waals surface area (Å²) in [6.07, 6.45) is 4.91. The van der Waals surface area contributed by atoms with Crippen LogP contribution in [0, 0.1) is 0 Å². The van der Waals surface area contributed by atoms with E-state index in [2.05, 4.69) is 10.5 Å². The van der Waals surface area contributed by atoms with Gasteiger partial charge < -0.3 is 4.57 Å². The monoisotopic (exact) mass is 289 g/mol. The molecule has 0 saturated heterocycles. The van der Waals surface area contributed by atoms with E-state index >= 15 is 0 Å². The maximum absolute atomic E-state index is 12.2.